The van der Waals surface area contributed by atoms with E-state index in [0.29, 0.717) is 49.1 Å². The van der Waals surface area contributed by atoms with Gasteiger partial charge in [0.15, 0.2) is 11.5 Å². The van der Waals surface area contributed by atoms with Gasteiger partial charge >= 0.3 is 0 Å². The molecule has 0 aromatic heterocycles. The Morgan fingerprint density at radius 3 is 2.49 bits per heavy atom. The van der Waals surface area contributed by atoms with Crippen molar-refractivity contribution in [2.75, 3.05) is 51.5 Å². The van der Waals surface area contributed by atoms with Gasteiger partial charge in [0.2, 0.25) is 11.8 Å². The number of ether oxygens (including phenoxy) is 3. The van der Waals surface area contributed by atoms with E-state index in [1.165, 1.54) is 0 Å². The molecule has 186 valence electrons. The van der Waals surface area contributed by atoms with Gasteiger partial charge in [-0.3, -0.25) is 24.2 Å². The van der Waals surface area contributed by atoms with Crippen LogP contribution in [0.4, 0.5) is 5.69 Å². The van der Waals surface area contributed by atoms with Crippen molar-refractivity contribution in [1.29, 1.82) is 0 Å². The molecule has 2 saturated heterocycles. The number of imide groups is 1. The fourth-order valence-corrected chi connectivity index (χ4v) is 4.46. The normalized spacial score (nSPS) is 17.4. The highest BCUT2D eigenvalue weighted by Crippen LogP contribution is 2.32. The number of methoxy groups -OCH3 is 1. The predicted molar refractivity (Wildman–Crippen MR) is 130 cm³/mol. The number of carbonyl (C=O) groups is 3. The van der Waals surface area contributed by atoms with Crippen molar-refractivity contribution in [2.45, 2.75) is 25.8 Å². The first-order valence-electron chi connectivity index (χ1n) is 11.9. The number of hydrogen-bond acceptors (Lipinski definition) is 7. The number of amides is 3. The van der Waals surface area contributed by atoms with Crippen molar-refractivity contribution in [3.05, 3.63) is 53.6 Å². The zero-order chi connectivity index (χ0) is 24.8. The minimum absolute atomic E-state index is 0.0997. The first-order chi connectivity index (χ1) is 17.0. The van der Waals surface area contributed by atoms with E-state index in [4.69, 9.17) is 14.2 Å². The fourth-order valence-electron chi connectivity index (χ4n) is 4.46. The number of nitrogens with zero attached hydrogens (tertiary/aromatic N) is 2. The number of rotatable bonds is 9. The molecule has 2 aliphatic heterocycles. The van der Waals surface area contributed by atoms with Crippen LogP contribution in [0.1, 0.15) is 41.7 Å². The molecule has 2 heterocycles. The lowest BCUT2D eigenvalue weighted by Gasteiger charge is -2.35. The third kappa shape index (κ3) is 5.63. The van der Waals surface area contributed by atoms with E-state index in [2.05, 4.69) is 10.2 Å². The van der Waals surface area contributed by atoms with Gasteiger partial charge in [-0.2, -0.15) is 0 Å². The number of hydrogen-bond donors (Lipinski definition) is 1. The molecule has 0 aliphatic carbocycles. The highest BCUT2D eigenvalue weighted by Gasteiger charge is 2.31. The molecule has 2 aromatic carbocycles. The molecule has 9 heteroatoms. The van der Waals surface area contributed by atoms with Crippen LogP contribution in [-0.2, 0) is 14.3 Å². The molecule has 2 fully saturated rings. The van der Waals surface area contributed by atoms with E-state index in [-0.39, 0.29) is 36.6 Å². The Morgan fingerprint density at radius 1 is 1.06 bits per heavy atom. The molecule has 1 atom stereocenters. The smallest absolute Gasteiger partial charge is 0.251 e. The molecule has 0 saturated carbocycles. The Labute approximate surface area is 204 Å². The van der Waals surface area contributed by atoms with Crippen molar-refractivity contribution in [3.63, 3.8) is 0 Å². The van der Waals surface area contributed by atoms with Crippen LogP contribution in [0.3, 0.4) is 0 Å². The van der Waals surface area contributed by atoms with E-state index >= 15 is 0 Å². The largest absolute Gasteiger partial charge is 0.493 e. The third-order valence-electron chi connectivity index (χ3n) is 6.23. The molecule has 4 rings (SSSR count). The molecule has 9 nitrogen and oxygen atoms in total. The average Bonchev–Trinajstić information content (AvgIpc) is 3.23. The van der Waals surface area contributed by atoms with Crippen molar-refractivity contribution < 1.29 is 28.6 Å². The summed E-state index contributed by atoms with van der Waals surface area (Å²) in [6.45, 7) is 5.55. The Hall–Kier alpha value is -3.43. The molecule has 2 aromatic rings. The summed E-state index contributed by atoms with van der Waals surface area (Å²) in [4.78, 5) is 40.7. The lowest BCUT2D eigenvalue weighted by Crippen LogP contribution is -2.43. The summed E-state index contributed by atoms with van der Waals surface area (Å²) in [5.74, 6) is 0.545. The Balaban J connectivity index is 1.52. The minimum Gasteiger partial charge on any atom is -0.493 e. The maximum atomic E-state index is 13.1. The van der Waals surface area contributed by atoms with Gasteiger partial charge < -0.3 is 19.5 Å². The molecular formula is C26H31N3O6. The van der Waals surface area contributed by atoms with Gasteiger partial charge in [0, 0.05) is 38.0 Å². The van der Waals surface area contributed by atoms with Gasteiger partial charge in [-0.25, -0.2) is 0 Å². The van der Waals surface area contributed by atoms with E-state index in [1.54, 1.807) is 31.4 Å². The highest BCUT2D eigenvalue weighted by atomic mass is 16.5. The van der Waals surface area contributed by atoms with Crippen molar-refractivity contribution in [3.8, 4) is 11.5 Å². The molecule has 1 N–H and O–H groups in total. The van der Waals surface area contributed by atoms with E-state index < -0.39 is 0 Å². The first-order valence-corrected chi connectivity index (χ1v) is 11.9. The van der Waals surface area contributed by atoms with Crippen molar-refractivity contribution >= 4 is 23.4 Å². The van der Waals surface area contributed by atoms with Crippen molar-refractivity contribution in [1.82, 2.24) is 10.2 Å². The lowest BCUT2D eigenvalue weighted by molar-refractivity contribution is -0.121. The number of anilines is 1. The molecule has 0 spiro atoms. The van der Waals surface area contributed by atoms with Gasteiger partial charge in [0.25, 0.3) is 5.91 Å². The Morgan fingerprint density at radius 2 is 1.80 bits per heavy atom. The van der Waals surface area contributed by atoms with E-state index in [0.717, 1.165) is 23.6 Å². The van der Waals surface area contributed by atoms with Gasteiger partial charge in [-0.05, 0) is 42.8 Å². The summed E-state index contributed by atoms with van der Waals surface area (Å²) in [6, 6.07) is 12.3. The van der Waals surface area contributed by atoms with Gasteiger partial charge in [-0.1, -0.05) is 12.1 Å². The maximum Gasteiger partial charge on any atom is 0.251 e. The Bertz CT molecular complexity index is 1070. The summed E-state index contributed by atoms with van der Waals surface area (Å²) in [6.07, 6.45) is 0.393. The second-order valence-corrected chi connectivity index (χ2v) is 8.39. The standard InChI is InChI=1S/C26H31N3O6/c1-3-35-22-8-7-18(16-23(22)33-2)21(28-11-13-34-14-12-28)17-27-26(32)19-5-4-6-20(15-19)29-24(30)9-10-25(29)31/h4-8,15-16,21H,3,9-14,17H2,1-2H3,(H,27,32)/t21-/m1/s1. The fraction of sp³-hybridized carbons (Fsp3) is 0.423. The zero-order valence-electron chi connectivity index (χ0n) is 20.1. The second-order valence-electron chi connectivity index (χ2n) is 8.39. The average molecular weight is 482 g/mol. The maximum absolute atomic E-state index is 13.1. The summed E-state index contributed by atoms with van der Waals surface area (Å²) >= 11 is 0. The predicted octanol–water partition coefficient (Wildman–Crippen LogP) is 2.55. The summed E-state index contributed by atoms with van der Waals surface area (Å²) < 4.78 is 16.7. The van der Waals surface area contributed by atoms with Crippen LogP contribution in [0.25, 0.3) is 0 Å². The lowest BCUT2D eigenvalue weighted by atomic mass is 10.0. The number of nitrogens with one attached hydrogen (secondary N) is 1. The first kappa shape index (κ1) is 24.7. The molecule has 0 radical (unpaired) electrons. The van der Waals surface area contributed by atoms with Crippen LogP contribution >= 0.6 is 0 Å². The summed E-state index contributed by atoms with van der Waals surface area (Å²) in [7, 11) is 1.61. The number of carbonyl (C=O) groups excluding carboxylic acids is 3. The summed E-state index contributed by atoms with van der Waals surface area (Å²) in [5, 5.41) is 3.03. The highest BCUT2D eigenvalue weighted by molar-refractivity contribution is 6.20. The monoisotopic (exact) mass is 481 g/mol. The molecule has 2 aliphatic rings. The zero-order valence-corrected chi connectivity index (χ0v) is 20.1. The van der Waals surface area contributed by atoms with Crippen LogP contribution in [0.2, 0.25) is 0 Å². The Kier molecular flexibility index (Phi) is 7.99. The molecule has 0 bridgehead atoms. The summed E-state index contributed by atoms with van der Waals surface area (Å²) in [5.41, 5.74) is 1.81. The van der Waals surface area contributed by atoms with E-state index in [1.807, 2.05) is 25.1 Å². The van der Waals surface area contributed by atoms with Crippen LogP contribution in [0, 0.1) is 0 Å². The minimum atomic E-state index is -0.276. The van der Waals surface area contributed by atoms with Crippen LogP contribution in [0.5, 0.6) is 11.5 Å². The quantitative estimate of drug-likeness (QED) is 0.550. The molecular weight excluding hydrogens is 450 g/mol. The molecule has 35 heavy (non-hydrogen) atoms. The SMILES string of the molecule is CCOc1ccc([C@@H](CNC(=O)c2cccc(N3C(=O)CCC3=O)c2)N2CCOCC2)cc1OC. The molecule has 3 amide bonds. The van der Waals surface area contributed by atoms with Gasteiger partial charge in [0.1, 0.15) is 0 Å². The van der Waals surface area contributed by atoms with Crippen LogP contribution in [-0.4, -0.2) is 69.2 Å². The number of benzene rings is 2. The van der Waals surface area contributed by atoms with Crippen LogP contribution in [0.15, 0.2) is 42.5 Å². The second kappa shape index (κ2) is 11.3. The third-order valence-corrected chi connectivity index (χ3v) is 6.23. The topological polar surface area (TPSA) is 97.4 Å². The number of morpholine rings is 1. The van der Waals surface area contributed by atoms with Gasteiger partial charge in [-0.15, -0.1) is 0 Å². The van der Waals surface area contributed by atoms with E-state index in [9.17, 15) is 14.4 Å². The van der Waals surface area contributed by atoms with Gasteiger partial charge in [0.05, 0.1) is 38.7 Å². The van der Waals surface area contributed by atoms with Crippen LogP contribution < -0.4 is 19.7 Å². The van der Waals surface area contributed by atoms with Crippen molar-refractivity contribution in [2.24, 2.45) is 0 Å². The molecule has 0 unspecified atom stereocenters.